The summed E-state index contributed by atoms with van der Waals surface area (Å²) in [5, 5.41) is 0. The molecule has 0 rings (SSSR count). The molecule has 2 N–H and O–H groups in total. The van der Waals surface area contributed by atoms with Gasteiger partial charge in [0, 0.05) is 6.61 Å². The van der Waals surface area contributed by atoms with Crippen molar-refractivity contribution in [3.63, 3.8) is 0 Å². The standard InChI is InChI=1S/C26H55O9P/c1-2-3-4-5-6-7-8-9-10-11-12-13-14-15-16-30-17-18-31-19-20-32-21-22-33-23-24-34-25-26-35-36(27,28)29/h2-26H2,1H3,(H2,27,28,29). The first kappa shape index (κ1) is 35.9. The van der Waals surface area contributed by atoms with Crippen molar-refractivity contribution in [1.29, 1.82) is 0 Å². The summed E-state index contributed by atoms with van der Waals surface area (Å²) in [7, 11) is -4.41. The Balaban J connectivity index is 3.04. The first-order chi connectivity index (χ1) is 17.6. The molecule has 0 heterocycles. The molecule has 0 aromatic carbocycles. The van der Waals surface area contributed by atoms with Gasteiger partial charge in [0.25, 0.3) is 0 Å². The Bertz CT molecular complexity index is 463. The number of hydrogen-bond acceptors (Lipinski definition) is 7. The molecule has 0 aliphatic carbocycles. The summed E-state index contributed by atoms with van der Waals surface area (Å²) in [5.41, 5.74) is 0. The molecule has 0 saturated carbocycles. The number of rotatable bonds is 31. The van der Waals surface area contributed by atoms with E-state index in [-0.39, 0.29) is 13.2 Å². The van der Waals surface area contributed by atoms with Crippen LogP contribution < -0.4 is 0 Å². The number of unbranched alkanes of at least 4 members (excludes halogenated alkanes) is 13. The van der Waals surface area contributed by atoms with Gasteiger partial charge in [-0.2, -0.15) is 0 Å². The minimum absolute atomic E-state index is 0.103. The zero-order valence-electron chi connectivity index (χ0n) is 22.9. The highest BCUT2D eigenvalue weighted by molar-refractivity contribution is 7.46. The van der Waals surface area contributed by atoms with E-state index < -0.39 is 7.82 Å². The summed E-state index contributed by atoms with van der Waals surface area (Å²) in [6.07, 6.45) is 19.1. The van der Waals surface area contributed by atoms with Crippen LogP contribution in [0.25, 0.3) is 0 Å². The van der Waals surface area contributed by atoms with Crippen molar-refractivity contribution in [3.05, 3.63) is 0 Å². The number of hydrogen-bond donors (Lipinski definition) is 2. The third-order valence-electron chi connectivity index (χ3n) is 5.62. The predicted octanol–water partition coefficient (Wildman–Crippen LogP) is 5.66. The van der Waals surface area contributed by atoms with Gasteiger partial charge in [-0.1, -0.05) is 90.4 Å². The molecule has 9 nitrogen and oxygen atoms in total. The predicted molar refractivity (Wildman–Crippen MR) is 142 cm³/mol. The topological polar surface area (TPSA) is 113 Å². The molecule has 0 atom stereocenters. The van der Waals surface area contributed by atoms with Crippen LogP contribution in [0.2, 0.25) is 0 Å². The van der Waals surface area contributed by atoms with E-state index >= 15 is 0 Å². The Hall–Kier alpha value is -0.0900. The van der Waals surface area contributed by atoms with Crippen LogP contribution in [0.5, 0.6) is 0 Å². The van der Waals surface area contributed by atoms with Crippen LogP contribution in [-0.4, -0.2) is 82.5 Å². The largest absolute Gasteiger partial charge is 0.469 e. The van der Waals surface area contributed by atoms with Crippen molar-refractivity contribution in [2.24, 2.45) is 0 Å². The molecule has 0 amide bonds. The molecule has 0 spiro atoms. The summed E-state index contributed by atoms with van der Waals surface area (Å²) in [6.45, 7) is 6.92. The van der Waals surface area contributed by atoms with Gasteiger partial charge in [-0.05, 0) is 6.42 Å². The van der Waals surface area contributed by atoms with Crippen LogP contribution in [0.3, 0.4) is 0 Å². The average Bonchev–Trinajstić information content (AvgIpc) is 2.84. The fourth-order valence-corrected chi connectivity index (χ4v) is 3.91. The van der Waals surface area contributed by atoms with Crippen LogP contribution in [0.4, 0.5) is 0 Å². The Morgan fingerprint density at radius 3 is 1.03 bits per heavy atom. The van der Waals surface area contributed by atoms with Crippen LogP contribution in [0, 0.1) is 0 Å². The first-order valence-corrected chi connectivity index (χ1v) is 15.7. The highest BCUT2D eigenvalue weighted by atomic mass is 31.2. The molecule has 0 aliphatic rings. The Morgan fingerprint density at radius 1 is 0.417 bits per heavy atom. The summed E-state index contributed by atoms with van der Waals surface area (Å²) >= 11 is 0. The number of phosphoric acid groups is 1. The molecule has 10 heteroatoms. The molecule has 218 valence electrons. The van der Waals surface area contributed by atoms with Crippen molar-refractivity contribution in [1.82, 2.24) is 0 Å². The second kappa shape index (κ2) is 29.5. The zero-order chi connectivity index (χ0) is 26.4. The van der Waals surface area contributed by atoms with Crippen LogP contribution in [-0.2, 0) is 32.8 Å². The molecule has 0 bridgehead atoms. The second-order valence-electron chi connectivity index (χ2n) is 8.98. The van der Waals surface area contributed by atoms with Gasteiger partial charge in [0.1, 0.15) is 0 Å². The molecule has 0 aliphatic heterocycles. The van der Waals surface area contributed by atoms with Crippen molar-refractivity contribution in [2.75, 3.05) is 72.7 Å². The minimum Gasteiger partial charge on any atom is -0.379 e. The Morgan fingerprint density at radius 2 is 0.694 bits per heavy atom. The first-order valence-electron chi connectivity index (χ1n) is 14.1. The highest BCUT2D eigenvalue weighted by Gasteiger charge is 2.12. The van der Waals surface area contributed by atoms with Gasteiger partial charge in [-0.25, -0.2) is 4.57 Å². The highest BCUT2D eigenvalue weighted by Crippen LogP contribution is 2.35. The van der Waals surface area contributed by atoms with Gasteiger partial charge in [-0.3, -0.25) is 4.52 Å². The number of phosphoric ester groups is 1. The lowest BCUT2D eigenvalue weighted by molar-refractivity contribution is -0.0134. The third-order valence-corrected chi connectivity index (χ3v) is 6.14. The lowest BCUT2D eigenvalue weighted by Gasteiger charge is -2.08. The smallest absolute Gasteiger partial charge is 0.379 e. The fraction of sp³-hybridized carbons (Fsp3) is 1.00. The van der Waals surface area contributed by atoms with Crippen LogP contribution >= 0.6 is 7.82 Å². The van der Waals surface area contributed by atoms with Crippen molar-refractivity contribution in [3.8, 4) is 0 Å². The van der Waals surface area contributed by atoms with Gasteiger partial charge in [0.05, 0.1) is 66.1 Å². The summed E-state index contributed by atoms with van der Waals surface area (Å²) in [5.74, 6) is 0. The zero-order valence-corrected chi connectivity index (χ0v) is 23.8. The minimum atomic E-state index is -4.41. The second-order valence-corrected chi connectivity index (χ2v) is 10.2. The van der Waals surface area contributed by atoms with Crippen LogP contribution in [0.15, 0.2) is 0 Å². The van der Waals surface area contributed by atoms with Gasteiger partial charge in [0.15, 0.2) is 0 Å². The van der Waals surface area contributed by atoms with Gasteiger partial charge in [0.2, 0.25) is 0 Å². The molecule has 0 saturated heterocycles. The lowest BCUT2D eigenvalue weighted by Crippen LogP contribution is -2.14. The van der Waals surface area contributed by atoms with Crippen molar-refractivity contribution < 1.29 is 42.6 Å². The maximum atomic E-state index is 10.5. The van der Waals surface area contributed by atoms with Gasteiger partial charge >= 0.3 is 7.82 Å². The average molecular weight is 543 g/mol. The molecule has 0 fully saturated rings. The molecule has 0 unspecified atom stereocenters. The molecular weight excluding hydrogens is 487 g/mol. The van der Waals surface area contributed by atoms with E-state index in [2.05, 4.69) is 11.4 Å². The maximum Gasteiger partial charge on any atom is 0.469 e. The third kappa shape index (κ3) is 33.9. The van der Waals surface area contributed by atoms with E-state index in [1.54, 1.807) is 0 Å². The maximum absolute atomic E-state index is 10.5. The molecule has 36 heavy (non-hydrogen) atoms. The van der Waals surface area contributed by atoms with Gasteiger partial charge < -0.3 is 33.5 Å². The molecule has 0 aromatic heterocycles. The van der Waals surface area contributed by atoms with E-state index in [0.29, 0.717) is 52.9 Å². The van der Waals surface area contributed by atoms with Gasteiger partial charge in [-0.15, -0.1) is 0 Å². The number of ether oxygens (including phenoxy) is 5. The van der Waals surface area contributed by atoms with E-state index in [1.807, 2.05) is 0 Å². The Kier molecular flexibility index (Phi) is 29.4. The van der Waals surface area contributed by atoms with E-state index in [9.17, 15) is 4.57 Å². The van der Waals surface area contributed by atoms with Crippen LogP contribution in [0.1, 0.15) is 96.8 Å². The fourth-order valence-electron chi connectivity index (χ4n) is 3.60. The molecule has 0 radical (unpaired) electrons. The van der Waals surface area contributed by atoms with E-state index in [1.165, 1.54) is 83.5 Å². The van der Waals surface area contributed by atoms with Crippen molar-refractivity contribution in [2.45, 2.75) is 96.8 Å². The molecule has 0 aromatic rings. The normalized spacial score (nSPS) is 12.0. The van der Waals surface area contributed by atoms with Crippen molar-refractivity contribution >= 4 is 7.82 Å². The van der Waals surface area contributed by atoms with E-state index in [0.717, 1.165) is 13.0 Å². The summed E-state index contributed by atoms with van der Waals surface area (Å²) in [4.78, 5) is 17.0. The summed E-state index contributed by atoms with van der Waals surface area (Å²) < 4.78 is 41.7. The molecular formula is C26H55O9P. The van der Waals surface area contributed by atoms with E-state index in [4.69, 9.17) is 33.5 Å². The Labute approximate surface area is 220 Å². The summed E-state index contributed by atoms with van der Waals surface area (Å²) in [6, 6.07) is 0. The lowest BCUT2D eigenvalue weighted by atomic mass is 10.0. The SMILES string of the molecule is CCCCCCCCCCCCCCCCOCCOCCOCCOCCOCCOP(=O)(O)O. The quantitative estimate of drug-likeness (QED) is 0.0846. The monoisotopic (exact) mass is 542 g/mol.